The Bertz CT molecular complexity index is 873. The van der Waals surface area contributed by atoms with Gasteiger partial charge in [0.05, 0.1) is 31.5 Å². The molecule has 0 aliphatic carbocycles. The van der Waals surface area contributed by atoms with Crippen molar-refractivity contribution in [3.8, 4) is 23.6 Å². The molecular formula is C26H38N4O4. The van der Waals surface area contributed by atoms with Crippen molar-refractivity contribution in [2.75, 3.05) is 77.1 Å². The molecular weight excluding hydrogens is 432 g/mol. The quantitative estimate of drug-likeness (QED) is 0.333. The highest BCUT2D eigenvalue weighted by Crippen LogP contribution is 2.32. The number of anilines is 1. The number of nitrogens with zero attached hydrogens (tertiary/aromatic N) is 4. The minimum absolute atomic E-state index is 0.195. The van der Waals surface area contributed by atoms with Crippen molar-refractivity contribution >= 4 is 5.88 Å². The monoisotopic (exact) mass is 470 g/mol. The Hall–Kier alpha value is -2.41. The second-order valence-corrected chi connectivity index (χ2v) is 8.42. The third-order valence-electron chi connectivity index (χ3n) is 6.05. The van der Waals surface area contributed by atoms with Gasteiger partial charge in [-0.3, -0.25) is 9.80 Å². The van der Waals surface area contributed by atoms with Gasteiger partial charge in [0.15, 0.2) is 0 Å². The fourth-order valence-corrected chi connectivity index (χ4v) is 4.20. The lowest BCUT2D eigenvalue weighted by Crippen LogP contribution is -2.43. The summed E-state index contributed by atoms with van der Waals surface area (Å²) in [5.74, 6) is 3.24. The number of benzene rings is 1. The summed E-state index contributed by atoms with van der Waals surface area (Å²) in [6, 6.07) is 10.1. The van der Waals surface area contributed by atoms with Gasteiger partial charge < -0.3 is 24.0 Å². The summed E-state index contributed by atoms with van der Waals surface area (Å²) in [6.07, 6.45) is 4.63. The van der Waals surface area contributed by atoms with Crippen LogP contribution in [-0.4, -0.2) is 98.4 Å². The molecule has 1 atom stereocenters. The molecule has 1 aromatic carbocycles. The number of rotatable bonds is 14. The van der Waals surface area contributed by atoms with Crippen molar-refractivity contribution in [3.63, 3.8) is 0 Å². The average Bonchev–Trinajstić information content (AvgIpc) is 3.28. The van der Waals surface area contributed by atoms with Crippen molar-refractivity contribution in [1.82, 2.24) is 15.0 Å². The Kier molecular flexibility index (Phi) is 10.9. The van der Waals surface area contributed by atoms with Crippen LogP contribution in [0, 0.1) is 12.3 Å². The number of aliphatic hydroxyl groups excluding tert-OH is 1. The molecule has 1 saturated heterocycles. The van der Waals surface area contributed by atoms with E-state index in [0.717, 1.165) is 75.2 Å². The third-order valence-corrected chi connectivity index (χ3v) is 6.05. The van der Waals surface area contributed by atoms with Crippen molar-refractivity contribution in [2.45, 2.75) is 26.5 Å². The van der Waals surface area contributed by atoms with Gasteiger partial charge in [0.1, 0.15) is 12.3 Å². The van der Waals surface area contributed by atoms with Gasteiger partial charge in [0.2, 0.25) is 5.88 Å². The summed E-state index contributed by atoms with van der Waals surface area (Å²) in [5, 5.41) is 15.1. The van der Waals surface area contributed by atoms with Crippen molar-refractivity contribution in [3.05, 3.63) is 35.9 Å². The van der Waals surface area contributed by atoms with Gasteiger partial charge in [0.25, 0.3) is 0 Å². The molecule has 0 saturated carbocycles. The van der Waals surface area contributed by atoms with E-state index in [-0.39, 0.29) is 13.2 Å². The van der Waals surface area contributed by atoms with Crippen molar-refractivity contribution in [1.29, 1.82) is 0 Å². The van der Waals surface area contributed by atoms with E-state index in [1.807, 2.05) is 30.3 Å². The summed E-state index contributed by atoms with van der Waals surface area (Å²) in [5.41, 5.74) is 2.90. The lowest BCUT2D eigenvalue weighted by molar-refractivity contribution is 0.0137. The van der Waals surface area contributed by atoms with Crippen molar-refractivity contribution in [2.24, 2.45) is 0 Å². The molecule has 3 rings (SSSR count). The molecule has 1 fully saturated rings. The minimum Gasteiger partial charge on any atom is -0.389 e. The molecule has 0 spiro atoms. The van der Waals surface area contributed by atoms with Crippen LogP contribution in [0.25, 0.3) is 11.3 Å². The van der Waals surface area contributed by atoms with Crippen LogP contribution in [-0.2, 0) is 16.0 Å². The summed E-state index contributed by atoms with van der Waals surface area (Å²) in [7, 11) is 0. The molecule has 2 aromatic rings. The highest BCUT2D eigenvalue weighted by Gasteiger charge is 2.25. The summed E-state index contributed by atoms with van der Waals surface area (Å²) in [4.78, 5) is 6.83. The Balaban J connectivity index is 1.83. The number of morpholine rings is 1. The van der Waals surface area contributed by atoms with Gasteiger partial charge in [0, 0.05) is 57.9 Å². The van der Waals surface area contributed by atoms with Crippen LogP contribution in [0.2, 0.25) is 0 Å². The van der Waals surface area contributed by atoms with Gasteiger partial charge in [-0.1, -0.05) is 41.4 Å². The number of aromatic nitrogens is 1. The molecule has 8 nitrogen and oxygen atoms in total. The van der Waals surface area contributed by atoms with Crippen LogP contribution in [0.4, 0.5) is 5.88 Å². The molecule has 0 amide bonds. The Morgan fingerprint density at radius 3 is 2.62 bits per heavy atom. The minimum atomic E-state index is -0.644. The van der Waals surface area contributed by atoms with E-state index in [1.165, 1.54) is 0 Å². The summed E-state index contributed by atoms with van der Waals surface area (Å²) >= 11 is 0. The van der Waals surface area contributed by atoms with Gasteiger partial charge in [-0.2, -0.15) is 0 Å². The molecule has 1 aromatic heterocycles. The second kappa shape index (κ2) is 14.1. The zero-order chi connectivity index (χ0) is 24.2. The zero-order valence-electron chi connectivity index (χ0n) is 20.5. The fraction of sp³-hybridized carbons (Fsp3) is 0.577. The molecule has 0 unspecified atom stereocenters. The summed E-state index contributed by atoms with van der Waals surface area (Å²) < 4.78 is 16.8. The average molecular weight is 471 g/mol. The number of ether oxygens (including phenoxy) is 2. The molecule has 2 heterocycles. The number of terminal acetylenes is 1. The van der Waals surface area contributed by atoms with E-state index in [9.17, 15) is 5.11 Å². The molecule has 8 heteroatoms. The topological polar surface area (TPSA) is 74.4 Å². The first-order valence-electron chi connectivity index (χ1n) is 12.2. The summed E-state index contributed by atoms with van der Waals surface area (Å²) in [6.45, 7) is 12.4. The highest BCUT2D eigenvalue weighted by molar-refractivity contribution is 5.68. The number of hydrogen-bond donors (Lipinski definition) is 1. The predicted molar refractivity (Wildman–Crippen MR) is 134 cm³/mol. The maximum atomic E-state index is 10.7. The molecule has 34 heavy (non-hydrogen) atoms. The maximum absolute atomic E-state index is 10.7. The molecule has 1 N–H and O–H groups in total. The third kappa shape index (κ3) is 7.55. The van der Waals surface area contributed by atoms with Crippen LogP contribution < -0.4 is 4.90 Å². The lowest BCUT2D eigenvalue weighted by Gasteiger charge is -2.31. The molecule has 1 aliphatic rings. The van der Waals surface area contributed by atoms with E-state index >= 15 is 0 Å². The Labute approximate surface area is 203 Å². The molecule has 186 valence electrons. The van der Waals surface area contributed by atoms with E-state index in [2.05, 4.69) is 39.6 Å². The van der Waals surface area contributed by atoms with E-state index < -0.39 is 6.10 Å². The standard InChI is InChI=1S/C26H38N4O4/c1-4-16-33-21-23(31)19-29(13-12-28-14-17-32-18-15-28)20-24-25(22-10-8-7-9-11-22)27-34-26(24)30(5-2)6-3/h1,7-11,23,31H,5-6,12-21H2,2-3H3/t23-/m1/s1. The number of aliphatic hydroxyl groups is 1. The van der Waals surface area contributed by atoms with Gasteiger partial charge in [-0.25, -0.2) is 0 Å². The highest BCUT2D eigenvalue weighted by atomic mass is 16.5. The molecule has 1 aliphatic heterocycles. The molecule has 0 radical (unpaired) electrons. The lowest BCUT2D eigenvalue weighted by atomic mass is 10.1. The predicted octanol–water partition coefficient (Wildman–Crippen LogP) is 2.33. The first-order chi connectivity index (χ1) is 16.7. The van der Waals surface area contributed by atoms with E-state index in [0.29, 0.717) is 13.1 Å². The van der Waals surface area contributed by atoms with Crippen LogP contribution in [0.3, 0.4) is 0 Å². The van der Waals surface area contributed by atoms with Gasteiger partial charge in [-0.05, 0) is 13.8 Å². The maximum Gasteiger partial charge on any atom is 0.232 e. The first kappa shape index (κ1) is 26.2. The van der Waals surface area contributed by atoms with Crippen LogP contribution >= 0.6 is 0 Å². The van der Waals surface area contributed by atoms with E-state index in [1.54, 1.807) is 0 Å². The normalized spacial score (nSPS) is 15.4. The van der Waals surface area contributed by atoms with Crippen LogP contribution in [0.1, 0.15) is 19.4 Å². The van der Waals surface area contributed by atoms with Crippen molar-refractivity contribution < 1.29 is 19.1 Å². The smallest absolute Gasteiger partial charge is 0.232 e. The van der Waals surface area contributed by atoms with Gasteiger partial charge >= 0.3 is 0 Å². The van der Waals surface area contributed by atoms with Crippen LogP contribution in [0.5, 0.6) is 0 Å². The SMILES string of the molecule is C#CCOC[C@H](O)CN(CCN1CCOCC1)Cc1c(-c2ccccc2)noc1N(CC)CC. The number of hydrogen-bond acceptors (Lipinski definition) is 8. The van der Waals surface area contributed by atoms with Crippen LogP contribution in [0.15, 0.2) is 34.9 Å². The molecule has 0 bridgehead atoms. The second-order valence-electron chi connectivity index (χ2n) is 8.42. The Morgan fingerprint density at radius 1 is 1.21 bits per heavy atom. The van der Waals surface area contributed by atoms with Gasteiger partial charge in [-0.15, -0.1) is 6.42 Å². The zero-order valence-corrected chi connectivity index (χ0v) is 20.5. The first-order valence-corrected chi connectivity index (χ1v) is 12.2. The Morgan fingerprint density at radius 2 is 1.94 bits per heavy atom. The largest absolute Gasteiger partial charge is 0.389 e. The fourth-order valence-electron chi connectivity index (χ4n) is 4.20. The van der Waals surface area contributed by atoms with E-state index in [4.69, 9.17) is 20.4 Å².